The Morgan fingerprint density at radius 3 is 2.88 bits per heavy atom. The normalized spacial score (nSPS) is 16.9. The third kappa shape index (κ3) is 3.90. The first-order valence-electron chi connectivity index (χ1n) is 6.32. The van der Waals surface area contributed by atoms with Crippen LogP contribution in [0.4, 0.5) is 0 Å². The number of para-hydroxylation sites is 1. The van der Waals surface area contributed by atoms with Crippen molar-refractivity contribution in [2.75, 3.05) is 6.61 Å². The molecule has 1 saturated carbocycles. The largest absolute Gasteiger partial charge is 0.492 e. The molecule has 17 heavy (non-hydrogen) atoms. The molecule has 1 atom stereocenters. The summed E-state index contributed by atoms with van der Waals surface area (Å²) >= 11 is 6.18. The van der Waals surface area contributed by atoms with Crippen LogP contribution >= 0.6 is 11.6 Å². The predicted octanol–water partition coefficient (Wildman–Crippen LogP) is 3.41. The van der Waals surface area contributed by atoms with Gasteiger partial charge in [0, 0.05) is 6.04 Å². The molecule has 2 rings (SSSR count). The molecular formula is C14H20ClNO. The Labute approximate surface area is 108 Å². The minimum atomic E-state index is 0.124. The van der Waals surface area contributed by atoms with E-state index in [0.29, 0.717) is 5.02 Å². The Bertz CT molecular complexity index is 374. The molecular weight excluding hydrogens is 234 g/mol. The second kappa shape index (κ2) is 5.74. The molecule has 3 heteroatoms. The molecule has 1 fully saturated rings. The first-order valence-corrected chi connectivity index (χ1v) is 6.70. The molecule has 1 aromatic carbocycles. The van der Waals surface area contributed by atoms with Crippen molar-refractivity contribution >= 4 is 11.6 Å². The maximum absolute atomic E-state index is 6.18. The average Bonchev–Trinajstić information content (AvgIpc) is 3.05. The lowest BCUT2D eigenvalue weighted by atomic mass is 10.1. The van der Waals surface area contributed by atoms with E-state index in [4.69, 9.17) is 22.1 Å². The fourth-order valence-electron chi connectivity index (χ4n) is 1.96. The summed E-state index contributed by atoms with van der Waals surface area (Å²) in [6.45, 7) is 2.76. The molecule has 0 aromatic heterocycles. The van der Waals surface area contributed by atoms with Crippen molar-refractivity contribution in [2.24, 2.45) is 11.7 Å². The summed E-state index contributed by atoms with van der Waals surface area (Å²) in [5, 5.41) is 0.693. The number of ether oxygens (including phenoxy) is 1. The molecule has 0 amide bonds. The van der Waals surface area contributed by atoms with Gasteiger partial charge in [-0.05, 0) is 37.3 Å². The van der Waals surface area contributed by atoms with Crippen LogP contribution in [0.2, 0.25) is 5.02 Å². The number of nitrogens with two attached hydrogens (primary N) is 1. The highest BCUT2D eigenvalue weighted by Crippen LogP contribution is 2.34. The topological polar surface area (TPSA) is 35.2 Å². The van der Waals surface area contributed by atoms with Crippen molar-refractivity contribution in [3.05, 3.63) is 28.8 Å². The molecule has 0 bridgehead atoms. The summed E-state index contributed by atoms with van der Waals surface area (Å²) < 4.78 is 5.83. The zero-order valence-corrected chi connectivity index (χ0v) is 11.0. The summed E-state index contributed by atoms with van der Waals surface area (Å²) in [4.78, 5) is 0. The third-order valence-electron chi connectivity index (χ3n) is 3.06. The minimum absolute atomic E-state index is 0.124. The highest BCUT2D eigenvalue weighted by atomic mass is 35.5. The Balaban J connectivity index is 2.00. The van der Waals surface area contributed by atoms with E-state index >= 15 is 0 Å². The van der Waals surface area contributed by atoms with Gasteiger partial charge in [0.25, 0.3) is 0 Å². The second-order valence-corrected chi connectivity index (χ2v) is 5.40. The van der Waals surface area contributed by atoms with Gasteiger partial charge in [0.2, 0.25) is 0 Å². The summed E-state index contributed by atoms with van der Waals surface area (Å²) in [7, 11) is 0. The van der Waals surface area contributed by atoms with E-state index < -0.39 is 0 Å². The molecule has 0 aliphatic heterocycles. The Hall–Kier alpha value is -0.730. The third-order valence-corrected chi connectivity index (χ3v) is 3.36. The molecule has 2 nitrogen and oxygen atoms in total. The van der Waals surface area contributed by atoms with Crippen LogP contribution in [0.1, 0.15) is 31.7 Å². The first kappa shape index (κ1) is 12.7. The number of hydrogen-bond donors (Lipinski definition) is 1. The van der Waals surface area contributed by atoms with Crippen molar-refractivity contribution in [1.82, 2.24) is 0 Å². The highest BCUT2D eigenvalue weighted by Gasteiger charge is 2.21. The molecule has 0 saturated heterocycles. The van der Waals surface area contributed by atoms with Crippen molar-refractivity contribution in [2.45, 2.75) is 38.6 Å². The fraction of sp³-hybridized carbons (Fsp3) is 0.571. The van der Waals surface area contributed by atoms with Crippen LogP contribution < -0.4 is 10.5 Å². The van der Waals surface area contributed by atoms with Gasteiger partial charge in [-0.25, -0.2) is 0 Å². The van der Waals surface area contributed by atoms with E-state index in [1.54, 1.807) is 0 Å². The minimum Gasteiger partial charge on any atom is -0.492 e. The van der Waals surface area contributed by atoms with Crippen LogP contribution in [0.25, 0.3) is 0 Å². The number of benzene rings is 1. The van der Waals surface area contributed by atoms with E-state index in [0.717, 1.165) is 36.7 Å². The van der Waals surface area contributed by atoms with E-state index in [-0.39, 0.29) is 6.04 Å². The van der Waals surface area contributed by atoms with Gasteiger partial charge < -0.3 is 10.5 Å². The van der Waals surface area contributed by atoms with Crippen molar-refractivity contribution in [3.63, 3.8) is 0 Å². The molecule has 1 unspecified atom stereocenters. The molecule has 1 aliphatic carbocycles. The van der Waals surface area contributed by atoms with Crippen molar-refractivity contribution in [3.8, 4) is 5.75 Å². The van der Waals surface area contributed by atoms with Gasteiger partial charge in [-0.2, -0.15) is 0 Å². The first-order chi connectivity index (χ1) is 8.16. The number of halogens is 1. The lowest BCUT2D eigenvalue weighted by Crippen LogP contribution is -2.18. The molecule has 1 aromatic rings. The molecule has 0 radical (unpaired) electrons. The van der Waals surface area contributed by atoms with Gasteiger partial charge in [0.15, 0.2) is 0 Å². The van der Waals surface area contributed by atoms with Crippen LogP contribution in [-0.4, -0.2) is 12.6 Å². The lowest BCUT2D eigenvalue weighted by molar-refractivity contribution is 0.299. The Morgan fingerprint density at radius 2 is 2.24 bits per heavy atom. The summed E-state index contributed by atoms with van der Waals surface area (Å²) in [6.07, 6.45) is 4.67. The van der Waals surface area contributed by atoms with E-state index in [9.17, 15) is 0 Å². The molecule has 2 N–H and O–H groups in total. The van der Waals surface area contributed by atoms with E-state index in [2.05, 4.69) is 0 Å². The van der Waals surface area contributed by atoms with Crippen LogP contribution in [0.3, 0.4) is 0 Å². The average molecular weight is 254 g/mol. The Kier molecular flexibility index (Phi) is 4.30. The molecule has 94 valence electrons. The molecule has 0 heterocycles. The maximum atomic E-state index is 6.18. The van der Waals surface area contributed by atoms with Crippen LogP contribution in [0, 0.1) is 5.92 Å². The standard InChI is InChI=1S/C14H20ClNO/c1-10(16)9-12-3-2-4-13(15)14(12)17-8-7-11-5-6-11/h2-4,10-11H,5-9,16H2,1H3. The SMILES string of the molecule is CC(N)Cc1cccc(Cl)c1OCCC1CC1. The van der Waals surface area contributed by atoms with Crippen molar-refractivity contribution in [1.29, 1.82) is 0 Å². The lowest BCUT2D eigenvalue weighted by Gasteiger charge is -2.14. The second-order valence-electron chi connectivity index (χ2n) is 4.99. The van der Waals surface area contributed by atoms with E-state index in [1.165, 1.54) is 12.8 Å². The van der Waals surface area contributed by atoms with Crippen LogP contribution in [0.15, 0.2) is 18.2 Å². The van der Waals surface area contributed by atoms with Crippen LogP contribution in [-0.2, 0) is 6.42 Å². The fourth-order valence-corrected chi connectivity index (χ4v) is 2.21. The van der Waals surface area contributed by atoms with E-state index in [1.807, 2.05) is 25.1 Å². The zero-order chi connectivity index (χ0) is 12.3. The monoisotopic (exact) mass is 253 g/mol. The summed E-state index contributed by atoms with van der Waals surface area (Å²) in [6, 6.07) is 5.99. The summed E-state index contributed by atoms with van der Waals surface area (Å²) in [5.74, 6) is 1.71. The van der Waals surface area contributed by atoms with Crippen LogP contribution in [0.5, 0.6) is 5.75 Å². The van der Waals surface area contributed by atoms with Gasteiger partial charge in [-0.1, -0.05) is 36.6 Å². The Morgan fingerprint density at radius 1 is 1.47 bits per heavy atom. The van der Waals surface area contributed by atoms with Gasteiger partial charge >= 0.3 is 0 Å². The van der Waals surface area contributed by atoms with Gasteiger partial charge in [-0.15, -0.1) is 0 Å². The highest BCUT2D eigenvalue weighted by molar-refractivity contribution is 6.32. The molecule has 1 aliphatic rings. The number of rotatable bonds is 6. The summed E-state index contributed by atoms with van der Waals surface area (Å²) in [5.41, 5.74) is 6.95. The quantitative estimate of drug-likeness (QED) is 0.843. The van der Waals surface area contributed by atoms with Gasteiger partial charge in [0.1, 0.15) is 5.75 Å². The smallest absolute Gasteiger partial charge is 0.141 e. The zero-order valence-electron chi connectivity index (χ0n) is 10.3. The van der Waals surface area contributed by atoms with Gasteiger partial charge in [-0.3, -0.25) is 0 Å². The molecule has 0 spiro atoms. The van der Waals surface area contributed by atoms with Gasteiger partial charge in [0.05, 0.1) is 11.6 Å². The maximum Gasteiger partial charge on any atom is 0.141 e. The van der Waals surface area contributed by atoms with Crippen molar-refractivity contribution < 1.29 is 4.74 Å². The number of hydrogen-bond acceptors (Lipinski definition) is 2. The predicted molar refractivity (Wildman–Crippen MR) is 71.6 cm³/mol.